The van der Waals surface area contributed by atoms with Gasteiger partial charge < -0.3 is 24.3 Å². The molecule has 0 unspecified atom stereocenters. The second kappa shape index (κ2) is 8.71. The number of rotatable bonds is 8. The molecule has 0 radical (unpaired) electrons. The molecular weight excluding hydrogens is 390 g/mol. The van der Waals surface area contributed by atoms with Gasteiger partial charge >= 0.3 is 11.9 Å². The summed E-state index contributed by atoms with van der Waals surface area (Å²) < 4.78 is 21.1. The number of methoxy groups -OCH3 is 1. The average molecular weight is 415 g/mol. The van der Waals surface area contributed by atoms with Crippen LogP contribution in [0, 0.1) is 6.92 Å². The first kappa shape index (κ1) is 21.6. The van der Waals surface area contributed by atoms with Gasteiger partial charge in [0, 0.05) is 0 Å². The highest BCUT2D eigenvalue weighted by Gasteiger charge is 2.53. The molecule has 1 aliphatic heterocycles. The third-order valence-electron chi connectivity index (χ3n) is 4.97. The topological polar surface area (TPSA) is 103 Å². The number of aryl methyl sites for hydroxylation is 1. The van der Waals surface area contributed by atoms with Crippen LogP contribution in [0.15, 0.2) is 30.3 Å². The molecule has 0 saturated carbocycles. The standard InChI is InChI=1S/C22H25NO7/c1-5-28-18(24)11-23-20(25)19(22(3)12-29-22)30-21(26)17-10-14(27-4)9-16-13(2)7-6-8-15(16)17/h6-10,19H,5,11-12H2,1-4H3,(H,23,25)/t19-,22+/m1/s1. The molecule has 160 valence electrons. The maximum absolute atomic E-state index is 13.1. The first-order valence-electron chi connectivity index (χ1n) is 9.64. The van der Waals surface area contributed by atoms with Gasteiger partial charge in [-0.25, -0.2) is 4.79 Å². The lowest BCUT2D eigenvalue weighted by molar-refractivity contribution is -0.145. The third kappa shape index (κ3) is 4.54. The predicted molar refractivity (Wildman–Crippen MR) is 108 cm³/mol. The van der Waals surface area contributed by atoms with Crippen LogP contribution in [-0.4, -0.2) is 56.4 Å². The maximum Gasteiger partial charge on any atom is 0.339 e. The highest BCUT2D eigenvalue weighted by atomic mass is 16.6. The molecule has 1 heterocycles. The smallest absolute Gasteiger partial charge is 0.339 e. The molecule has 2 aromatic rings. The van der Waals surface area contributed by atoms with E-state index in [1.807, 2.05) is 31.2 Å². The monoisotopic (exact) mass is 415 g/mol. The van der Waals surface area contributed by atoms with Crippen molar-refractivity contribution >= 4 is 28.6 Å². The van der Waals surface area contributed by atoms with Crippen LogP contribution in [0.4, 0.5) is 0 Å². The predicted octanol–water partition coefficient (Wildman–Crippen LogP) is 2.15. The molecule has 1 amide bonds. The van der Waals surface area contributed by atoms with E-state index < -0.39 is 29.6 Å². The molecule has 2 atom stereocenters. The van der Waals surface area contributed by atoms with E-state index in [0.717, 1.165) is 10.9 Å². The van der Waals surface area contributed by atoms with Crippen molar-refractivity contribution in [1.29, 1.82) is 0 Å². The molecule has 1 aliphatic rings. The number of benzene rings is 2. The minimum atomic E-state index is -1.22. The van der Waals surface area contributed by atoms with E-state index in [2.05, 4.69) is 5.32 Å². The Balaban J connectivity index is 1.86. The van der Waals surface area contributed by atoms with Crippen molar-refractivity contribution in [2.75, 3.05) is 26.9 Å². The first-order valence-corrected chi connectivity index (χ1v) is 9.64. The van der Waals surface area contributed by atoms with E-state index in [-0.39, 0.29) is 25.3 Å². The van der Waals surface area contributed by atoms with Gasteiger partial charge in [-0.3, -0.25) is 9.59 Å². The molecule has 0 bridgehead atoms. The Hall–Kier alpha value is -3.13. The zero-order valence-electron chi connectivity index (χ0n) is 17.4. The minimum Gasteiger partial charge on any atom is -0.497 e. The van der Waals surface area contributed by atoms with Gasteiger partial charge in [0.25, 0.3) is 5.91 Å². The highest BCUT2D eigenvalue weighted by Crippen LogP contribution is 2.34. The molecule has 1 saturated heterocycles. The quantitative estimate of drug-likeness (QED) is 0.520. The Kier molecular flexibility index (Phi) is 6.26. The summed E-state index contributed by atoms with van der Waals surface area (Å²) in [6, 6.07) is 9.00. The zero-order chi connectivity index (χ0) is 21.9. The number of amides is 1. The molecule has 3 rings (SSSR count). The van der Waals surface area contributed by atoms with Crippen molar-refractivity contribution in [1.82, 2.24) is 5.32 Å². The van der Waals surface area contributed by atoms with Gasteiger partial charge in [0.15, 0.2) is 0 Å². The third-order valence-corrected chi connectivity index (χ3v) is 4.97. The highest BCUT2D eigenvalue weighted by molar-refractivity contribution is 6.07. The maximum atomic E-state index is 13.1. The SMILES string of the molecule is CCOC(=O)CNC(=O)[C@@H](OC(=O)c1cc(OC)cc2c(C)cccc12)[C@]1(C)CO1. The Morgan fingerprint density at radius 1 is 1.23 bits per heavy atom. The van der Waals surface area contributed by atoms with Crippen LogP contribution in [0.3, 0.4) is 0 Å². The molecule has 0 spiro atoms. The molecule has 0 aromatic heterocycles. The molecule has 8 heteroatoms. The lowest BCUT2D eigenvalue weighted by Gasteiger charge is -2.21. The van der Waals surface area contributed by atoms with Crippen molar-refractivity contribution in [3.8, 4) is 5.75 Å². The lowest BCUT2D eigenvalue weighted by Crippen LogP contribution is -2.47. The van der Waals surface area contributed by atoms with Crippen LogP contribution in [0.5, 0.6) is 5.75 Å². The van der Waals surface area contributed by atoms with E-state index in [9.17, 15) is 14.4 Å². The number of hydrogen-bond donors (Lipinski definition) is 1. The Morgan fingerprint density at radius 3 is 2.60 bits per heavy atom. The second-order valence-corrected chi connectivity index (χ2v) is 7.25. The van der Waals surface area contributed by atoms with Gasteiger partial charge in [0.2, 0.25) is 6.10 Å². The van der Waals surface area contributed by atoms with E-state index in [4.69, 9.17) is 18.9 Å². The van der Waals surface area contributed by atoms with E-state index in [1.54, 1.807) is 19.9 Å². The summed E-state index contributed by atoms with van der Waals surface area (Å²) in [5.74, 6) is -1.38. The largest absolute Gasteiger partial charge is 0.497 e. The van der Waals surface area contributed by atoms with Crippen molar-refractivity contribution in [3.05, 3.63) is 41.5 Å². The molecular formula is C22H25NO7. The summed E-state index contributed by atoms with van der Waals surface area (Å²) >= 11 is 0. The average Bonchev–Trinajstić information content (AvgIpc) is 3.48. The van der Waals surface area contributed by atoms with Crippen molar-refractivity contribution in [3.63, 3.8) is 0 Å². The van der Waals surface area contributed by atoms with Crippen LogP contribution in [0.2, 0.25) is 0 Å². The number of hydrogen-bond acceptors (Lipinski definition) is 7. The van der Waals surface area contributed by atoms with Crippen LogP contribution < -0.4 is 10.1 Å². The Labute approximate surface area is 174 Å². The second-order valence-electron chi connectivity index (χ2n) is 7.25. The number of fused-ring (bicyclic) bond motifs is 1. The molecule has 2 aromatic carbocycles. The summed E-state index contributed by atoms with van der Waals surface area (Å²) in [5, 5.41) is 3.98. The summed E-state index contributed by atoms with van der Waals surface area (Å²) in [7, 11) is 1.51. The number of esters is 2. The number of epoxide rings is 1. The lowest BCUT2D eigenvalue weighted by atomic mass is 10.00. The number of carbonyl (C=O) groups excluding carboxylic acids is 3. The summed E-state index contributed by atoms with van der Waals surface area (Å²) in [6.07, 6.45) is -1.22. The Morgan fingerprint density at radius 2 is 1.97 bits per heavy atom. The van der Waals surface area contributed by atoms with Crippen LogP contribution in [0.25, 0.3) is 10.8 Å². The fourth-order valence-corrected chi connectivity index (χ4v) is 3.15. The van der Waals surface area contributed by atoms with Crippen LogP contribution in [-0.2, 0) is 23.8 Å². The van der Waals surface area contributed by atoms with Crippen LogP contribution >= 0.6 is 0 Å². The van der Waals surface area contributed by atoms with Crippen molar-refractivity contribution < 1.29 is 33.3 Å². The van der Waals surface area contributed by atoms with Gasteiger partial charge in [0.05, 0.1) is 25.9 Å². The summed E-state index contributed by atoms with van der Waals surface area (Å²) in [4.78, 5) is 37.2. The fourth-order valence-electron chi connectivity index (χ4n) is 3.15. The van der Waals surface area contributed by atoms with Crippen molar-refractivity contribution in [2.45, 2.75) is 32.5 Å². The normalized spacial score (nSPS) is 18.4. The van der Waals surface area contributed by atoms with E-state index in [1.165, 1.54) is 7.11 Å². The fraction of sp³-hybridized carbons (Fsp3) is 0.409. The van der Waals surface area contributed by atoms with E-state index >= 15 is 0 Å². The number of ether oxygens (including phenoxy) is 4. The molecule has 8 nitrogen and oxygen atoms in total. The summed E-state index contributed by atoms with van der Waals surface area (Å²) in [6.45, 7) is 5.41. The van der Waals surface area contributed by atoms with Gasteiger partial charge in [-0.2, -0.15) is 0 Å². The molecule has 0 aliphatic carbocycles. The molecule has 1 N–H and O–H groups in total. The Bertz CT molecular complexity index is 981. The van der Waals surface area contributed by atoms with Crippen molar-refractivity contribution in [2.24, 2.45) is 0 Å². The summed E-state index contributed by atoms with van der Waals surface area (Å²) in [5.41, 5.74) is 0.307. The van der Waals surface area contributed by atoms with Gasteiger partial charge in [-0.05, 0) is 49.2 Å². The minimum absolute atomic E-state index is 0.205. The van der Waals surface area contributed by atoms with Gasteiger partial charge in [0.1, 0.15) is 17.9 Å². The van der Waals surface area contributed by atoms with Gasteiger partial charge in [-0.1, -0.05) is 18.2 Å². The van der Waals surface area contributed by atoms with E-state index in [0.29, 0.717) is 11.1 Å². The zero-order valence-corrected chi connectivity index (χ0v) is 17.4. The number of carbonyl (C=O) groups is 3. The van der Waals surface area contributed by atoms with Gasteiger partial charge in [-0.15, -0.1) is 0 Å². The number of nitrogens with one attached hydrogen (secondary N) is 1. The molecule has 1 fully saturated rings. The molecule has 30 heavy (non-hydrogen) atoms. The van der Waals surface area contributed by atoms with Crippen LogP contribution in [0.1, 0.15) is 29.8 Å². The first-order chi connectivity index (χ1) is 14.3.